The van der Waals surface area contributed by atoms with Gasteiger partial charge in [0.1, 0.15) is 0 Å². The summed E-state index contributed by atoms with van der Waals surface area (Å²) < 4.78 is 25.8. The van der Waals surface area contributed by atoms with E-state index >= 15 is 0 Å². The van der Waals surface area contributed by atoms with Gasteiger partial charge in [0.2, 0.25) is 0 Å². The molecule has 0 N–H and O–H groups in total. The topological polar surface area (TPSA) is 43.4 Å². The summed E-state index contributed by atoms with van der Waals surface area (Å²) in [6.07, 6.45) is 9.43. The van der Waals surface area contributed by atoms with Crippen LogP contribution in [0.4, 0.5) is 0 Å². The first kappa shape index (κ1) is 13.7. The smallest absolute Gasteiger partial charge is 0.264 e. The van der Waals surface area contributed by atoms with Gasteiger partial charge in [0, 0.05) is 0 Å². The Kier molecular flexibility index (Phi) is 7.80. The fraction of sp³-hybridized carbons (Fsp3) is 0.800. The minimum Gasteiger partial charge on any atom is -0.270 e. The molecule has 0 aliphatic heterocycles. The quantitative estimate of drug-likeness (QED) is 0.340. The lowest BCUT2D eigenvalue weighted by atomic mass is 10.1. The maximum absolute atomic E-state index is 10.6. The van der Waals surface area contributed by atoms with Crippen LogP contribution in [0.2, 0.25) is 0 Å². The molecule has 4 heteroatoms. The average molecular weight is 220 g/mol. The Bertz CT molecular complexity index is 232. The van der Waals surface area contributed by atoms with Crippen molar-refractivity contribution in [2.24, 2.45) is 0 Å². The number of hydrogen-bond acceptors (Lipinski definition) is 3. The van der Waals surface area contributed by atoms with Crippen LogP contribution in [0.25, 0.3) is 0 Å². The molecular weight excluding hydrogens is 200 g/mol. The zero-order chi connectivity index (χ0) is 10.9. The zero-order valence-electron chi connectivity index (χ0n) is 8.87. The van der Waals surface area contributed by atoms with Gasteiger partial charge in [-0.05, 0) is 19.3 Å². The number of unbranched alkanes of at least 4 members (excludes halogenated alkanes) is 5. The third kappa shape index (κ3) is 11.6. The molecule has 3 nitrogen and oxygen atoms in total. The van der Waals surface area contributed by atoms with Crippen molar-refractivity contribution < 1.29 is 12.6 Å². The standard InChI is InChI=1S/C10H20O3S/c1-3-4-5-6-7-8-9-10-13-14(2,11)12/h3H,1,4-10H2,2H3. The Balaban J connectivity index is 3.10. The average Bonchev–Trinajstić information content (AvgIpc) is 2.08. The van der Waals surface area contributed by atoms with E-state index in [0.29, 0.717) is 6.61 Å². The monoisotopic (exact) mass is 220 g/mol. The van der Waals surface area contributed by atoms with Crippen molar-refractivity contribution in [2.75, 3.05) is 12.9 Å². The Labute approximate surface area is 87.3 Å². The van der Waals surface area contributed by atoms with E-state index < -0.39 is 10.1 Å². The van der Waals surface area contributed by atoms with E-state index in [0.717, 1.165) is 31.9 Å². The molecule has 0 heterocycles. The largest absolute Gasteiger partial charge is 0.270 e. The van der Waals surface area contributed by atoms with E-state index in [4.69, 9.17) is 0 Å². The highest BCUT2D eigenvalue weighted by Crippen LogP contribution is 2.06. The number of hydrogen-bond donors (Lipinski definition) is 0. The summed E-state index contributed by atoms with van der Waals surface area (Å²) in [6.45, 7) is 3.97. The number of rotatable bonds is 9. The Morgan fingerprint density at radius 2 is 1.71 bits per heavy atom. The van der Waals surface area contributed by atoms with Crippen LogP contribution in [-0.2, 0) is 14.3 Å². The summed E-state index contributed by atoms with van der Waals surface area (Å²) in [5.74, 6) is 0. The van der Waals surface area contributed by atoms with Gasteiger partial charge in [0.05, 0.1) is 12.9 Å². The first-order chi connectivity index (χ1) is 6.56. The van der Waals surface area contributed by atoms with Crippen LogP contribution in [0.5, 0.6) is 0 Å². The molecule has 0 aromatic heterocycles. The van der Waals surface area contributed by atoms with Gasteiger partial charge in [0.25, 0.3) is 10.1 Å². The van der Waals surface area contributed by atoms with Crippen molar-refractivity contribution in [3.8, 4) is 0 Å². The minimum atomic E-state index is -3.24. The maximum Gasteiger partial charge on any atom is 0.264 e. The minimum absolute atomic E-state index is 0.320. The Hall–Kier alpha value is -0.350. The third-order valence-electron chi connectivity index (χ3n) is 1.85. The van der Waals surface area contributed by atoms with Gasteiger partial charge < -0.3 is 0 Å². The van der Waals surface area contributed by atoms with Crippen molar-refractivity contribution in [2.45, 2.75) is 38.5 Å². The molecule has 0 rings (SSSR count). The lowest BCUT2D eigenvalue weighted by Gasteiger charge is -2.01. The molecule has 14 heavy (non-hydrogen) atoms. The molecule has 0 aromatic rings. The van der Waals surface area contributed by atoms with E-state index in [2.05, 4.69) is 10.8 Å². The summed E-state index contributed by atoms with van der Waals surface area (Å²) in [6, 6.07) is 0. The molecule has 0 amide bonds. The molecule has 0 aliphatic rings. The predicted molar refractivity (Wildman–Crippen MR) is 58.7 cm³/mol. The molecule has 0 aromatic carbocycles. The Morgan fingerprint density at radius 1 is 1.14 bits per heavy atom. The van der Waals surface area contributed by atoms with Crippen LogP contribution >= 0.6 is 0 Å². The highest BCUT2D eigenvalue weighted by Gasteiger charge is 1.99. The van der Waals surface area contributed by atoms with Crippen molar-refractivity contribution in [1.29, 1.82) is 0 Å². The summed E-state index contributed by atoms with van der Waals surface area (Å²) in [5, 5.41) is 0. The van der Waals surface area contributed by atoms with Crippen molar-refractivity contribution in [3.63, 3.8) is 0 Å². The van der Waals surface area contributed by atoms with Crippen LogP contribution in [0.3, 0.4) is 0 Å². The molecule has 0 aliphatic carbocycles. The fourth-order valence-electron chi connectivity index (χ4n) is 1.13. The second-order valence-electron chi connectivity index (χ2n) is 3.37. The van der Waals surface area contributed by atoms with Gasteiger partial charge in [-0.15, -0.1) is 6.58 Å². The maximum atomic E-state index is 10.6. The lowest BCUT2D eigenvalue weighted by molar-refractivity contribution is 0.309. The molecule has 0 spiro atoms. The third-order valence-corrected chi connectivity index (χ3v) is 2.44. The van der Waals surface area contributed by atoms with Gasteiger partial charge >= 0.3 is 0 Å². The van der Waals surface area contributed by atoms with Crippen molar-refractivity contribution >= 4 is 10.1 Å². The first-order valence-electron chi connectivity index (χ1n) is 5.01. The molecule has 0 bridgehead atoms. The summed E-state index contributed by atoms with van der Waals surface area (Å²) in [4.78, 5) is 0. The second kappa shape index (κ2) is 8.00. The second-order valence-corrected chi connectivity index (χ2v) is 5.02. The number of allylic oxidation sites excluding steroid dienone is 1. The molecule has 0 saturated heterocycles. The van der Waals surface area contributed by atoms with Gasteiger partial charge in [-0.2, -0.15) is 8.42 Å². The van der Waals surface area contributed by atoms with E-state index in [-0.39, 0.29) is 0 Å². The van der Waals surface area contributed by atoms with E-state index in [1.54, 1.807) is 0 Å². The molecule has 84 valence electrons. The summed E-state index contributed by atoms with van der Waals surface area (Å²) in [7, 11) is -3.24. The molecule has 0 saturated carbocycles. The molecule has 0 radical (unpaired) electrons. The molecule has 0 fully saturated rings. The molecular formula is C10H20O3S. The molecule has 0 unspecified atom stereocenters. The van der Waals surface area contributed by atoms with E-state index in [9.17, 15) is 8.42 Å². The molecule has 0 atom stereocenters. The highest BCUT2D eigenvalue weighted by molar-refractivity contribution is 7.85. The van der Waals surface area contributed by atoms with Gasteiger partial charge in [-0.25, -0.2) is 0 Å². The van der Waals surface area contributed by atoms with Crippen LogP contribution in [0.15, 0.2) is 12.7 Å². The van der Waals surface area contributed by atoms with Crippen molar-refractivity contribution in [1.82, 2.24) is 0 Å². The highest BCUT2D eigenvalue weighted by atomic mass is 32.2. The van der Waals surface area contributed by atoms with Gasteiger partial charge in [0.15, 0.2) is 0 Å². The van der Waals surface area contributed by atoms with E-state index in [1.807, 2.05) is 6.08 Å². The predicted octanol–water partition coefficient (Wildman–Crippen LogP) is 2.49. The Morgan fingerprint density at radius 3 is 2.29 bits per heavy atom. The first-order valence-corrected chi connectivity index (χ1v) is 6.83. The van der Waals surface area contributed by atoms with Crippen LogP contribution < -0.4 is 0 Å². The van der Waals surface area contributed by atoms with Crippen LogP contribution in [0.1, 0.15) is 38.5 Å². The summed E-state index contributed by atoms with van der Waals surface area (Å²) >= 11 is 0. The lowest BCUT2D eigenvalue weighted by Crippen LogP contribution is -2.03. The van der Waals surface area contributed by atoms with Crippen LogP contribution in [-0.4, -0.2) is 21.3 Å². The van der Waals surface area contributed by atoms with E-state index in [1.165, 1.54) is 12.8 Å². The fourth-order valence-corrected chi connectivity index (χ4v) is 1.55. The SMILES string of the molecule is C=CCCCCCCCOS(C)(=O)=O. The summed E-state index contributed by atoms with van der Waals surface area (Å²) in [5.41, 5.74) is 0. The zero-order valence-corrected chi connectivity index (χ0v) is 9.68. The van der Waals surface area contributed by atoms with Crippen molar-refractivity contribution in [3.05, 3.63) is 12.7 Å². The van der Waals surface area contributed by atoms with Gasteiger partial charge in [-0.1, -0.05) is 25.3 Å². The van der Waals surface area contributed by atoms with Gasteiger partial charge in [-0.3, -0.25) is 4.18 Å². The normalized spacial score (nSPS) is 11.5. The van der Waals surface area contributed by atoms with Crippen LogP contribution in [0, 0.1) is 0 Å².